The van der Waals surface area contributed by atoms with Crippen LogP contribution in [-0.4, -0.2) is 10.7 Å². The van der Waals surface area contributed by atoms with Crippen LogP contribution in [0.25, 0.3) is 0 Å². The van der Waals surface area contributed by atoms with E-state index in [0.29, 0.717) is 0 Å². The van der Waals surface area contributed by atoms with Crippen LogP contribution in [0.2, 0.25) is 0 Å². The quantitative estimate of drug-likeness (QED) is 0.415. The van der Waals surface area contributed by atoms with Gasteiger partial charge in [0, 0.05) is 0 Å². The molecule has 1 nitrogen and oxygen atoms in total. The van der Waals surface area contributed by atoms with Gasteiger partial charge in [0.25, 0.3) is 0 Å². The molecule has 0 amide bonds. The van der Waals surface area contributed by atoms with Crippen molar-refractivity contribution < 1.29 is 5.11 Å². The standard InChI is InChI=1S/C10H16O/c1-3-10(11)7-4-5-9(2)6-8-10/h1,9,11H,4-8H2,2H3. The zero-order chi connectivity index (χ0) is 8.32. The number of terminal acetylenes is 1. The van der Waals surface area contributed by atoms with Crippen LogP contribution in [0, 0.1) is 18.3 Å². The van der Waals surface area contributed by atoms with E-state index in [9.17, 15) is 5.11 Å². The minimum atomic E-state index is -0.787. The van der Waals surface area contributed by atoms with E-state index in [1.165, 1.54) is 6.42 Å². The summed E-state index contributed by atoms with van der Waals surface area (Å²) in [5.41, 5.74) is -0.787. The summed E-state index contributed by atoms with van der Waals surface area (Å²) in [5, 5.41) is 9.74. The molecule has 0 aromatic rings. The maximum absolute atomic E-state index is 9.74. The van der Waals surface area contributed by atoms with Crippen LogP contribution in [0.5, 0.6) is 0 Å². The van der Waals surface area contributed by atoms with E-state index in [2.05, 4.69) is 12.8 Å². The molecule has 0 spiro atoms. The first-order chi connectivity index (χ1) is 5.16. The Labute approximate surface area is 68.8 Å². The lowest BCUT2D eigenvalue weighted by Gasteiger charge is -2.18. The topological polar surface area (TPSA) is 20.2 Å². The highest BCUT2D eigenvalue weighted by Gasteiger charge is 2.26. The summed E-state index contributed by atoms with van der Waals surface area (Å²) in [5.74, 6) is 3.23. The zero-order valence-electron chi connectivity index (χ0n) is 7.14. The Balaban J connectivity index is 2.54. The maximum Gasteiger partial charge on any atom is 0.125 e. The van der Waals surface area contributed by atoms with E-state index in [4.69, 9.17) is 6.42 Å². The number of hydrogen-bond donors (Lipinski definition) is 1. The molecule has 62 valence electrons. The number of aliphatic hydroxyl groups is 1. The van der Waals surface area contributed by atoms with Gasteiger partial charge in [-0.15, -0.1) is 6.42 Å². The van der Waals surface area contributed by atoms with Gasteiger partial charge in [-0.05, 0) is 31.6 Å². The Morgan fingerprint density at radius 1 is 1.45 bits per heavy atom. The van der Waals surface area contributed by atoms with Crippen molar-refractivity contribution >= 4 is 0 Å². The third-order valence-electron chi connectivity index (χ3n) is 2.61. The van der Waals surface area contributed by atoms with Gasteiger partial charge in [-0.3, -0.25) is 0 Å². The largest absolute Gasteiger partial charge is 0.378 e. The molecule has 0 aromatic carbocycles. The van der Waals surface area contributed by atoms with Crippen molar-refractivity contribution in [2.24, 2.45) is 5.92 Å². The minimum absolute atomic E-state index is 0.734. The molecule has 2 atom stereocenters. The average Bonchev–Trinajstić information content (AvgIpc) is 2.15. The predicted molar refractivity (Wildman–Crippen MR) is 46.0 cm³/mol. The van der Waals surface area contributed by atoms with Crippen LogP contribution in [-0.2, 0) is 0 Å². The molecule has 1 heteroatoms. The molecule has 1 fully saturated rings. The van der Waals surface area contributed by atoms with Crippen LogP contribution in [0.1, 0.15) is 39.0 Å². The molecular weight excluding hydrogens is 136 g/mol. The van der Waals surface area contributed by atoms with Gasteiger partial charge in [0.2, 0.25) is 0 Å². The van der Waals surface area contributed by atoms with Crippen LogP contribution in [0.15, 0.2) is 0 Å². The molecule has 1 N–H and O–H groups in total. The van der Waals surface area contributed by atoms with Gasteiger partial charge in [0.1, 0.15) is 5.60 Å². The van der Waals surface area contributed by atoms with Gasteiger partial charge in [0.15, 0.2) is 0 Å². The Kier molecular flexibility index (Phi) is 2.57. The molecule has 1 rings (SSSR count). The Hall–Kier alpha value is -0.480. The predicted octanol–water partition coefficient (Wildman–Crippen LogP) is 1.95. The fourth-order valence-corrected chi connectivity index (χ4v) is 1.64. The van der Waals surface area contributed by atoms with Crippen molar-refractivity contribution in [2.75, 3.05) is 0 Å². The van der Waals surface area contributed by atoms with Crippen LogP contribution < -0.4 is 0 Å². The average molecular weight is 152 g/mol. The first-order valence-corrected chi connectivity index (χ1v) is 4.36. The second-order valence-corrected chi connectivity index (χ2v) is 3.71. The first kappa shape index (κ1) is 8.62. The number of hydrogen-bond acceptors (Lipinski definition) is 1. The lowest BCUT2D eigenvalue weighted by Crippen LogP contribution is -2.24. The van der Waals surface area contributed by atoms with E-state index in [-0.39, 0.29) is 0 Å². The van der Waals surface area contributed by atoms with Crippen molar-refractivity contribution in [3.05, 3.63) is 0 Å². The SMILES string of the molecule is C#CC1(O)CCCC(C)CC1. The van der Waals surface area contributed by atoms with E-state index < -0.39 is 5.60 Å². The summed E-state index contributed by atoms with van der Waals surface area (Å²) in [6, 6.07) is 0. The van der Waals surface area contributed by atoms with Crippen molar-refractivity contribution in [3.8, 4) is 12.3 Å². The lowest BCUT2D eigenvalue weighted by molar-refractivity contribution is 0.0840. The Bertz CT molecular complexity index is 168. The zero-order valence-corrected chi connectivity index (χ0v) is 7.14. The Morgan fingerprint density at radius 2 is 2.18 bits per heavy atom. The summed E-state index contributed by atoms with van der Waals surface area (Å²) < 4.78 is 0. The molecule has 0 heterocycles. The molecular formula is C10H16O. The van der Waals surface area contributed by atoms with Crippen LogP contribution in [0.4, 0.5) is 0 Å². The molecule has 1 saturated carbocycles. The highest BCUT2D eigenvalue weighted by molar-refractivity contribution is 5.07. The molecule has 0 bridgehead atoms. The summed E-state index contributed by atoms with van der Waals surface area (Å²) in [4.78, 5) is 0. The smallest absolute Gasteiger partial charge is 0.125 e. The van der Waals surface area contributed by atoms with E-state index in [1.807, 2.05) is 0 Å². The molecule has 0 aliphatic heterocycles. The van der Waals surface area contributed by atoms with Gasteiger partial charge in [-0.25, -0.2) is 0 Å². The van der Waals surface area contributed by atoms with Crippen molar-refractivity contribution in [1.29, 1.82) is 0 Å². The molecule has 0 radical (unpaired) electrons. The van der Waals surface area contributed by atoms with Gasteiger partial charge >= 0.3 is 0 Å². The van der Waals surface area contributed by atoms with E-state index >= 15 is 0 Å². The number of rotatable bonds is 0. The van der Waals surface area contributed by atoms with Crippen molar-refractivity contribution in [2.45, 2.75) is 44.6 Å². The van der Waals surface area contributed by atoms with Gasteiger partial charge in [0.05, 0.1) is 0 Å². The van der Waals surface area contributed by atoms with Gasteiger partial charge in [-0.2, -0.15) is 0 Å². The van der Waals surface area contributed by atoms with Gasteiger partial charge in [-0.1, -0.05) is 19.3 Å². The minimum Gasteiger partial charge on any atom is -0.378 e. The summed E-state index contributed by atoms with van der Waals surface area (Å²) >= 11 is 0. The van der Waals surface area contributed by atoms with Crippen LogP contribution >= 0.6 is 0 Å². The molecule has 11 heavy (non-hydrogen) atoms. The summed E-state index contributed by atoms with van der Waals surface area (Å²) in [6.07, 6.45) is 10.2. The maximum atomic E-state index is 9.74. The van der Waals surface area contributed by atoms with E-state index in [0.717, 1.165) is 31.6 Å². The fourth-order valence-electron chi connectivity index (χ4n) is 1.64. The molecule has 2 unspecified atom stereocenters. The van der Waals surface area contributed by atoms with Crippen LogP contribution in [0.3, 0.4) is 0 Å². The van der Waals surface area contributed by atoms with E-state index in [1.54, 1.807) is 0 Å². The molecule has 0 aromatic heterocycles. The molecule has 0 saturated heterocycles. The summed E-state index contributed by atoms with van der Waals surface area (Å²) in [6.45, 7) is 2.22. The highest BCUT2D eigenvalue weighted by atomic mass is 16.3. The highest BCUT2D eigenvalue weighted by Crippen LogP contribution is 2.29. The monoisotopic (exact) mass is 152 g/mol. The normalized spacial score (nSPS) is 39.2. The second-order valence-electron chi connectivity index (χ2n) is 3.71. The molecule has 1 aliphatic rings. The second kappa shape index (κ2) is 3.28. The first-order valence-electron chi connectivity index (χ1n) is 4.36. The molecule has 1 aliphatic carbocycles. The third kappa shape index (κ3) is 2.24. The Morgan fingerprint density at radius 3 is 2.82 bits per heavy atom. The fraction of sp³-hybridized carbons (Fsp3) is 0.800. The summed E-state index contributed by atoms with van der Waals surface area (Å²) in [7, 11) is 0. The van der Waals surface area contributed by atoms with Gasteiger partial charge < -0.3 is 5.11 Å². The lowest BCUT2D eigenvalue weighted by atomic mass is 9.95. The van der Waals surface area contributed by atoms with Crippen molar-refractivity contribution in [1.82, 2.24) is 0 Å². The third-order valence-corrected chi connectivity index (χ3v) is 2.61. The van der Waals surface area contributed by atoms with Crippen molar-refractivity contribution in [3.63, 3.8) is 0 Å².